The number of rotatable bonds is 4. The Kier molecular flexibility index (Phi) is 4.11. The van der Waals surface area contributed by atoms with Crippen molar-refractivity contribution in [3.05, 3.63) is 41.0 Å². The topological polar surface area (TPSA) is 63.6 Å². The summed E-state index contributed by atoms with van der Waals surface area (Å²) in [5.41, 5.74) is 1.84. The Morgan fingerprint density at radius 1 is 1.39 bits per heavy atom. The summed E-state index contributed by atoms with van der Waals surface area (Å²) in [6.45, 7) is 2.02. The Balaban J connectivity index is 1.91. The van der Waals surface area contributed by atoms with Crippen LogP contribution < -0.4 is 4.74 Å². The van der Waals surface area contributed by atoms with Gasteiger partial charge in [-0.2, -0.15) is 0 Å². The second-order valence-electron chi connectivity index (χ2n) is 6.68. The molecule has 4 nitrogen and oxygen atoms in total. The molecule has 0 spiro atoms. The van der Waals surface area contributed by atoms with Crippen molar-refractivity contribution in [1.29, 1.82) is 0 Å². The lowest BCUT2D eigenvalue weighted by molar-refractivity contribution is -0.117. The Morgan fingerprint density at radius 2 is 2.17 bits per heavy atom. The number of carbonyl (C=O) groups excluding carboxylic acids is 2. The van der Waals surface area contributed by atoms with E-state index in [4.69, 9.17) is 4.74 Å². The predicted molar refractivity (Wildman–Crippen MR) is 86.6 cm³/mol. The van der Waals surface area contributed by atoms with Gasteiger partial charge in [0.15, 0.2) is 11.6 Å². The van der Waals surface area contributed by atoms with Crippen molar-refractivity contribution in [2.24, 2.45) is 5.41 Å². The first kappa shape index (κ1) is 15.9. The van der Waals surface area contributed by atoms with Crippen LogP contribution in [-0.4, -0.2) is 29.9 Å². The molecule has 0 saturated heterocycles. The molecule has 0 radical (unpaired) electrons. The van der Waals surface area contributed by atoms with Gasteiger partial charge in [0.1, 0.15) is 5.75 Å². The lowest BCUT2D eigenvalue weighted by Crippen LogP contribution is -2.34. The zero-order valence-electron chi connectivity index (χ0n) is 13.6. The number of fused-ring (bicyclic) bond motifs is 1. The number of Topliss-reactive ketones (excluding diaryl/α,β-unsaturated/α-hetero) is 2. The summed E-state index contributed by atoms with van der Waals surface area (Å²) >= 11 is 0. The number of ether oxygens (including phenoxy) is 1. The maximum absolute atomic E-state index is 12.6. The first-order chi connectivity index (χ1) is 11.0. The predicted octanol–water partition coefficient (Wildman–Crippen LogP) is 3.09. The zero-order valence-corrected chi connectivity index (χ0v) is 13.6. The monoisotopic (exact) mass is 314 g/mol. The van der Waals surface area contributed by atoms with E-state index in [9.17, 15) is 14.7 Å². The third-order valence-electron chi connectivity index (χ3n) is 5.39. The highest BCUT2D eigenvalue weighted by molar-refractivity contribution is 6.07. The Hall–Kier alpha value is -1.94. The largest absolute Gasteiger partial charge is 0.497 e. The number of allylic oxidation sites excluding steroid dienone is 1. The molecule has 1 aromatic carbocycles. The molecule has 0 aromatic heterocycles. The minimum atomic E-state index is -0.410. The van der Waals surface area contributed by atoms with Crippen LogP contribution in [0.25, 0.3) is 0 Å². The molecule has 3 rings (SSSR count). The smallest absolute Gasteiger partial charge is 0.167 e. The molecule has 23 heavy (non-hydrogen) atoms. The van der Waals surface area contributed by atoms with E-state index in [1.165, 1.54) is 0 Å². The molecule has 0 aliphatic heterocycles. The van der Waals surface area contributed by atoms with Gasteiger partial charge in [0.05, 0.1) is 13.2 Å². The number of methoxy groups -OCH3 is 1. The summed E-state index contributed by atoms with van der Waals surface area (Å²) in [5, 5.41) is 10.3. The number of aliphatic hydroxyl groups is 1. The molecule has 0 heterocycles. The van der Waals surface area contributed by atoms with Crippen molar-refractivity contribution in [1.82, 2.24) is 0 Å². The first-order valence-corrected chi connectivity index (χ1v) is 8.06. The third kappa shape index (κ3) is 2.72. The molecule has 2 aliphatic rings. The highest BCUT2D eigenvalue weighted by atomic mass is 16.5. The average molecular weight is 314 g/mol. The first-order valence-electron chi connectivity index (χ1n) is 8.06. The fourth-order valence-corrected chi connectivity index (χ4v) is 3.86. The molecule has 4 heteroatoms. The van der Waals surface area contributed by atoms with Crippen LogP contribution in [0.2, 0.25) is 0 Å². The number of carbonyl (C=O) groups is 2. The van der Waals surface area contributed by atoms with Crippen molar-refractivity contribution >= 4 is 11.6 Å². The molecule has 1 saturated carbocycles. The van der Waals surface area contributed by atoms with E-state index in [0.29, 0.717) is 42.6 Å². The summed E-state index contributed by atoms with van der Waals surface area (Å²) in [6, 6.07) is 7.00. The Labute approximate surface area is 136 Å². The van der Waals surface area contributed by atoms with Crippen molar-refractivity contribution in [2.75, 3.05) is 7.11 Å². The normalized spacial score (nSPS) is 27.1. The van der Waals surface area contributed by atoms with Crippen LogP contribution >= 0.6 is 0 Å². The van der Waals surface area contributed by atoms with Crippen molar-refractivity contribution in [3.8, 4) is 5.75 Å². The SMILES string of the molecule is COc1cccc(C(=O)CC2=C3CC[C@H](O)[C@@]3(C)CCC2=O)c1. The summed E-state index contributed by atoms with van der Waals surface area (Å²) in [4.78, 5) is 25.0. The molecule has 2 atom stereocenters. The van der Waals surface area contributed by atoms with Gasteiger partial charge in [-0.3, -0.25) is 9.59 Å². The van der Waals surface area contributed by atoms with Crippen molar-refractivity contribution in [2.45, 2.75) is 45.1 Å². The van der Waals surface area contributed by atoms with Gasteiger partial charge < -0.3 is 9.84 Å². The summed E-state index contributed by atoms with van der Waals surface area (Å²) in [6.07, 6.45) is 2.19. The van der Waals surface area contributed by atoms with Gasteiger partial charge in [-0.25, -0.2) is 0 Å². The second-order valence-corrected chi connectivity index (χ2v) is 6.68. The van der Waals surface area contributed by atoms with E-state index >= 15 is 0 Å². The standard InChI is InChI=1S/C19H22O4/c1-19-9-8-16(20)14(15(19)6-7-18(19)22)11-17(21)12-4-3-5-13(10-12)23-2/h3-5,10,18,22H,6-9,11H2,1-2H3/t18-,19-/m0/s1. The van der Waals surface area contributed by atoms with Gasteiger partial charge in [-0.05, 0) is 31.4 Å². The summed E-state index contributed by atoms with van der Waals surface area (Å²) in [5.74, 6) is 0.609. The highest BCUT2D eigenvalue weighted by Gasteiger charge is 2.46. The molecule has 1 N–H and O–H groups in total. The van der Waals surface area contributed by atoms with Gasteiger partial charge in [-0.15, -0.1) is 0 Å². The number of ketones is 2. The Bertz CT molecular complexity index is 688. The highest BCUT2D eigenvalue weighted by Crippen LogP contribution is 2.51. The van der Waals surface area contributed by atoms with E-state index in [1.54, 1.807) is 31.4 Å². The number of benzene rings is 1. The van der Waals surface area contributed by atoms with E-state index in [1.807, 2.05) is 6.92 Å². The van der Waals surface area contributed by atoms with E-state index in [0.717, 1.165) is 5.57 Å². The minimum absolute atomic E-state index is 0.0582. The van der Waals surface area contributed by atoms with Gasteiger partial charge in [0.25, 0.3) is 0 Å². The van der Waals surface area contributed by atoms with Gasteiger partial charge >= 0.3 is 0 Å². The molecule has 0 bridgehead atoms. The molecule has 2 aliphatic carbocycles. The lowest BCUT2D eigenvalue weighted by Gasteiger charge is -2.35. The molecule has 1 fully saturated rings. The molecule has 0 amide bonds. The molecule has 0 unspecified atom stereocenters. The van der Waals surface area contributed by atoms with Crippen molar-refractivity contribution in [3.63, 3.8) is 0 Å². The van der Waals surface area contributed by atoms with Crippen molar-refractivity contribution < 1.29 is 19.4 Å². The van der Waals surface area contributed by atoms with E-state index in [-0.39, 0.29) is 23.4 Å². The minimum Gasteiger partial charge on any atom is -0.497 e. The quantitative estimate of drug-likeness (QED) is 0.868. The average Bonchev–Trinajstić information content (AvgIpc) is 2.86. The van der Waals surface area contributed by atoms with Crippen LogP contribution in [0, 0.1) is 5.41 Å². The van der Waals surface area contributed by atoms with Crippen LogP contribution in [0.1, 0.15) is 49.4 Å². The molecule has 122 valence electrons. The summed E-state index contributed by atoms with van der Waals surface area (Å²) in [7, 11) is 1.56. The van der Waals surface area contributed by atoms with E-state index in [2.05, 4.69) is 0 Å². The Morgan fingerprint density at radius 3 is 2.91 bits per heavy atom. The maximum atomic E-state index is 12.6. The van der Waals surface area contributed by atoms with Crippen LogP contribution in [-0.2, 0) is 4.79 Å². The fourth-order valence-electron chi connectivity index (χ4n) is 3.86. The number of aliphatic hydroxyl groups excluding tert-OH is 1. The van der Waals surface area contributed by atoms with Gasteiger partial charge in [-0.1, -0.05) is 24.6 Å². The van der Waals surface area contributed by atoms with Gasteiger partial charge in [0.2, 0.25) is 0 Å². The van der Waals surface area contributed by atoms with Gasteiger partial charge in [0, 0.05) is 29.4 Å². The molecular formula is C19H22O4. The zero-order chi connectivity index (χ0) is 16.6. The number of hydrogen-bond acceptors (Lipinski definition) is 4. The lowest BCUT2D eigenvalue weighted by atomic mass is 9.70. The van der Waals surface area contributed by atoms with Crippen LogP contribution in [0.15, 0.2) is 35.4 Å². The molecular weight excluding hydrogens is 292 g/mol. The summed E-state index contributed by atoms with van der Waals surface area (Å²) < 4.78 is 5.15. The van der Waals surface area contributed by atoms with Crippen LogP contribution in [0.5, 0.6) is 5.75 Å². The van der Waals surface area contributed by atoms with E-state index < -0.39 is 6.10 Å². The van der Waals surface area contributed by atoms with Crippen LogP contribution in [0.3, 0.4) is 0 Å². The third-order valence-corrected chi connectivity index (χ3v) is 5.39. The second kappa shape index (κ2) is 5.93. The number of hydrogen-bond donors (Lipinski definition) is 1. The van der Waals surface area contributed by atoms with Crippen LogP contribution in [0.4, 0.5) is 0 Å². The molecule has 1 aromatic rings. The fraction of sp³-hybridized carbons (Fsp3) is 0.474. The maximum Gasteiger partial charge on any atom is 0.167 e.